The molecular weight excluding hydrogens is 158 g/mol. The van der Waals surface area contributed by atoms with Crippen molar-refractivity contribution in [1.29, 1.82) is 0 Å². The van der Waals surface area contributed by atoms with Crippen LogP contribution in [-0.4, -0.2) is 6.54 Å². The molecule has 1 unspecified atom stereocenters. The molecule has 0 aromatic heterocycles. The van der Waals surface area contributed by atoms with Crippen LogP contribution in [0.5, 0.6) is 0 Å². The summed E-state index contributed by atoms with van der Waals surface area (Å²) in [6.45, 7) is 10.2. The minimum absolute atomic E-state index is 0.352. The van der Waals surface area contributed by atoms with E-state index in [1.54, 1.807) is 0 Å². The Morgan fingerprint density at radius 3 is 2.38 bits per heavy atom. The third-order valence-electron chi connectivity index (χ3n) is 3.46. The monoisotopic (exact) mass is 183 g/mol. The van der Waals surface area contributed by atoms with E-state index in [1.807, 2.05) is 0 Å². The highest BCUT2D eigenvalue weighted by molar-refractivity contribution is 4.85. The first-order chi connectivity index (χ1) is 5.85. The van der Waals surface area contributed by atoms with E-state index in [-0.39, 0.29) is 0 Å². The zero-order valence-electron chi connectivity index (χ0n) is 9.69. The Bertz CT molecular complexity index is 170. The van der Waals surface area contributed by atoms with Crippen molar-refractivity contribution in [3.05, 3.63) is 0 Å². The van der Waals surface area contributed by atoms with Gasteiger partial charge >= 0.3 is 0 Å². The number of nitrogens with two attached hydrogens (primary N) is 1. The van der Waals surface area contributed by atoms with Gasteiger partial charge in [0.25, 0.3) is 0 Å². The molecule has 0 heterocycles. The van der Waals surface area contributed by atoms with Gasteiger partial charge in [-0.15, -0.1) is 0 Å². The summed E-state index contributed by atoms with van der Waals surface area (Å²) in [4.78, 5) is 0. The van der Waals surface area contributed by atoms with Gasteiger partial charge in [-0.05, 0) is 49.0 Å². The molecule has 0 aromatic carbocycles. The molecule has 0 amide bonds. The van der Waals surface area contributed by atoms with Crippen molar-refractivity contribution in [2.24, 2.45) is 22.5 Å². The molecule has 1 aliphatic carbocycles. The van der Waals surface area contributed by atoms with Gasteiger partial charge in [-0.25, -0.2) is 0 Å². The van der Waals surface area contributed by atoms with Gasteiger partial charge < -0.3 is 5.73 Å². The lowest BCUT2D eigenvalue weighted by molar-refractivity contribution is 0.260. The molecule has 0 radical (unpaired) electrons. The van der Waals surface area contributed by atoms with E-state index in [2.05, 4.69) is 27.7 Å². The topological polar surface area (TPSA) is 26.0 Å². The lowest BCUT2D eigenvalue weighted by Gasteiger charge is -2.27. The average molecular weight is 183 g/mol. The van der Waals surface area contributed by atoms with Crippen LogP contribution in [0.4, 0.5) is 0 Å². The SMILES string of the molecule is CC(C)(CN)CC1CCC(C)(C)C1. The Morgan fingerprint density at radius 1 is 1.38 bits per heavy atom. The minimum atomic E-state index is 0.352. The predicted molar refractivity (Wildman–Crippen MR) is 58.6 cm³/mol. The first-order valence-corrected chi connectivity index (χ1v) is 5.55. The Kier molecular flexibility index (Phi) is 3.06. The highest BCUT2D eigenvalue weighted by atomic mass is 14.6. The normalized spacial score (nSPS) is 27.9. The van der Waals surface area contributed by atoms with E-state index >= 15 is 0 Å². The number of rotatable bonds is 3. The Morgan fingerprint density at radius 2 is 2.00 bits per heavy atom. The molecule has 0 aliphatic heterocycles. The molecule has 0 aromatic rings. The lowest BCUT2D eigenvalue weighted by Crippen LogP contribution is -2.26. The minimum Gasteiger partial charge on any atom is -0.330 e. The maximum atomic E-state index is 5.75. The molecule has 78 valence electrons. The average Bonchev–Trinajstić information content (AvgIpc) is 2.29. The van der Waals surface area contributed by atoms with Crippen LogP contribution in [0.25, 0.3) is 0 Å². The molecule has 1 atom stereocenters. The molecule has 1 saturated carbocycles. The van der Waals surface area contributed by atoms with Crippen LogP contribution in [-0.2, 0) is 0 Å². The van der Waals surface area contributed by atoms with Crippen molar-refractivity contribution in [3.8, 4) is 0 Å². The van der Waals surface area contributed by atoms with E-state index in [4.69, 9.17) is 5.73 Å². The van der Waals surface area contributed by atoms with Gasteiger partial charge in [-0.3, -0.25) is 0 Å². The summed E-state index contributed by atoms with van der Waals surface area (Å²) in [5.41, 5.74) is 6.70. The van der Waals surface area contributed by atoms with Gasteiger partial charge in [-0.1, -0.05) is 27.7 Å². The Labute approximate surface area is 83.1 Å². The van der Waals surface area contributed by atoms with Crippen LogP contribution in [0.3, 0.4) is 0 Å². The summed E-state index contributed by atoms with van der Waals surface area (Å²) in [6, 6.07) is 0. The van der Waals surface area contributed by atoms with E-state index in [1.165, 1.54) is 25.7 Å². The molecule has 0 bridgehead atoms. The third kappa shape index (κ3) is 3.30. The fraction of sp³-hybridized carbons (Fsp3) is 1.00. The lowest BCUT2D eigenvalue weighted by atomic mass is 9.80. The van der Waals surface area contributed by atoms with Crippen molar-refractivity contribution in [2.45, 2.75) is 53.4 Å². The molecular formula is C12H25N. The second-order valence-electron chi connectivity index (χ2n) is 6.35. The summed E-state index contributed by atoms with van der Waals surface area (Å²) < 4.78 is 0. The summed E-state index contributed by atoms with van der Waals surface area (Å²) in [6.07, 6.45) is 5.53. The number of hydrogen-bond acceptors (Lipinski definition) is 1. The van der Waals surface area contributed by atoms with Gasteiger partial charge in [-0.2, -0.15) is 0 Å². The highest BCUT2D eigenvalue weighted by Gasteiger charge is 2.33. The zero-order chi connectivity index (χ0) is 10.1. The summed E-state index contributed by atoms with van der Waals surface area (Å²) in [5.74, 6) is 0.925. The van der Waals surface area contributed by atoms with Crippen molar-refractivity contribution in [2.75, 3.05) is 6.54 Å². The molecule has 1 fully saturated rings. The van der Waals surface area contributed by atoms with E-state index in [0.29, 0.717) is 10.8 Å². The van der Waals surface area contributed by atoms with E-state index in [0.717, 1.165) is 12.5 Å². The van der Waals surface area contributed by atoms with Crippen LogP contribution in [0, 0.1) is 16.7 Å². The van der Waals surface area contributed by atoms with Crippen LogP contribution in [0.15, 0.2) is 0 Å². The summed E-state index contributed by atoms with van der Waals surface area (Å²) >= 11 is 0. The molecule has 0 spiro atoms. The smallest absolute Gasteiger partial charge is 0.00257 e. The maximum Gasteiger partial charge on any atom is -0.00257 e. The molecule has 2 N–H and O–H groups in total. The largest absolute Gasteiger partial charge is 0.330 e. The van der Waals surface area contributed by atoms with Gasteiger partial charge in [0.2, 0.25) is 0 Å². The summed E-state index contributed by atoms with van der Waals surface area (Å²) in [5, 5.41) is 0. The summed E-state index contributed by atoms with van der Waals surface area (Å²) in [7, 11) is 0. The fourth-order valence-corrected chi connectivity index (χ4v) is 2.62. The van der Waals surface area contributed by atoms with Crippen LogP contribution >= 0.6 is 0 Å². The van der Waals surface area contributed by atoms with Gasteiger partial charge in [0, 0.05) is 0 Å². The standard InChI is InChI=1S/C12H25N/c1-11(2)6-5-10(7-11)8-12(3,4)9-13/h10H,5-9,13H2,1-4H3. The Hall–Kier alpha value is -0.0400. The van der Waals surface area contributed by atoms with Crippen LogP contribution in [0.1, 0.15) is 53.4 Å². The first kappa shape index (κ1) is 11.0. The molecule has 1 nitrogen and oxygen atoms in total. The van der Waals surface area contributed by atoms with Crippen molar-refractivity contribution in [3.63, 3.8) is 0 Å². The quantitative estimate of drug-likeness (QED) is 0.714. The van der Waals surface area contributed by atoms with Crippen LogP contribution < -0.4 is 5.73 Å². The Balaban J connectivity index is 2.40. The third-order valence-corrected chi connectivity index (χ3v) is 3.46. The van der Waals surface area contributed by atoms with Crippen molar-refractivity contribution >= 4 is 0 Å². The van der Waals surface area contributed by atoms with Gasteiger partial charge in [0.1, 0.15) is 0 Å². The van der Waals surface area contributed by atoms with Crippen molar-refractivity contribution < 1.29 is 0 Å². The second-order valence-corrected chi connectivity index (χ2v) is 6.35. The van der Waals surface area contributed by atoms with Crippen molar-refractivity contribution in [1.82, 2.24) is 0 Å². The molecule has 0 saturated heterocycles. The second kappa shape index (κ2) is 3.61. The first-order valence-electron chi connectivity index (χ1n) is 5.55. The molecule has 1 rings (SSSR count). The van der Waals surface area contributed by atoms with E-state index < -0.39 is 0 Å². The van der Waals surface area contributed by atoms with Gasteiger partial charge in [0.05, 0.1) is 0 Å². The highest BCUT2D eigenvalue weighted by Crippen LogP contribution is 2.45. The molecule has 13 heavy (non-hydrogen) atoms. The number of hydrogen-bond donors (Lipinski definition) is 1. The van der Waals surface area contributed by atoms with E-state index in [9.17, 15) is 0 Å². The van der Waals surface area contributed by atoms with Gasteiger partial charge in [0.15, 0.2) is 0 Å². The van der Waals surface area contributed by atoms with Crippen LogP contribution in [0.2, 0.25) is 0 Å². The fourth-order valence-electron chi connectivity index (χ4n) is 2.62. The zero-order valence-corrected chi connectivity index (χ0v) is 9.69. The maximum absolute atomic E-state index is 5.75. The molecule has 1 aliphatic rings. The molecule has 1 heteroatoms. The predicted octanol–water partition coefficient (Wildman–Crippen LogP) is 3.19.